The summed E-state index contributed by atoms with van der Waals surface area (Å²) in [6.07, 6.45) is 1.60. The monoisotopic (exact) mass is 395 g/mol. The molecule has 1 fully saturated rings. The molecule has 0 radical (unpaired) electrons. The molecule has 27 heavy (non-hydrogen) atoms. The van der Waals surface area contributed by atoms with Crippen molar-refractivity contribution < 1.29 is 18.0 Å². The highest BCUT2D eigenvalue weighted by Crippen LogP contribution is 2.18. The second-order valence-corrected chi connectivity index (χ2v) is 8.69. The first-order valence-electron chi connectivity index (χ1n) is 9.41. The minimum atomic E-state index is -3.47. The molecule has 1 saturated heterocycles. The number of nitrogens with one attached hydrogen (secondary N) is 1. The maximum atomic E-state index is 12.5. The molecule has 1 aromatic rings. The number of piperidine rings is 1. The zero-order valence-electron chi connectivity index (χ0n) is 16.3. The molecule has 1 aliphatic heterocycles. The van der Waals surface area contributed by atoms with E-state index in [1.807, 2.05) is 13.8 Å². The molecule has 0 unspecified atom stereocenters. The molecule has 2 amide bonds. The van der Waals surface area contributed by atoms with Gasteiger partial charge in [0.15, 0.2) is 0 Å². The minimum absolute atomic E-state index is 0.00231. The number of amides is 2. The molecule has 1 atom stereocenters. The fourth-order valence-corrected chi connectivity index (χ4v) is 4.76. The molecule has 0 aliphatic carbocycles. The SMILES string of the molecule is CCN(CC)S(=O)(=O)c1ccc(CNC(=O)[C@@H]2CCCN(C(C)=O)C2)cc1. The van der Waals surface area contributed by atoms with Crippen LogP contribution in [0.3, 0.4) is 0 Å². The maximum absolute atomic E-state index is 12.5. The van der Waals surface area contributed by atoms with Crippen LogP contribution in [0.5, 0.6) is 0 Å². The number of hydrogen-bond acceptors (Lipinski definition) is 4. The van der Waals surface area contributed by atoms with Crippen LogP contribution < -0.4 is 5.32 Å². The summed E-state index contributed by atoms with van der Waals surface area (Å²) in [5, 5.41) is 2.89. The van der Waals surface area contributed by atoms with Crippen LogP contribution in [-0.4, -0.2) is 55.6 Å². The molecule has 1 aliphatic rings. The Hall–Kier alpha value is -1.93. The van der Waals surface area contributed by atoms with E-state index < -0.39 is 10.0 Å². The number of likely N-dealkylation sites (tertiary alicyclic amines) is 1. The smallest absolute Gasteiger partial charge is 0.243 e. The summed E-state index contributed by atoms with van der Waals surface area (Å²) in [4.78, 5) is 25.8. The molecule has 7 nitrogen and oxygen atoms in total. The molecule has 0 saturated carbocycles. The maximum Gasteiger partial charge on any atom is 0.243 e. The lowest BCUT2D eigenvalue weighted by Gasteiger charge is -2.31. The Labute approximate surface area is 161 Å². The quantitative estimate of drug-likeness (QED) is 0.760. The number of sulfonamides is 1. The van der Waals surface area contributed by atoms with Gasteiger partial charge in [-0.25, -0.2) is 8.42 Å². The van der Waals surface area contributed by atoms with Crippen LogP contribution in [0.2, 0.25) is 0 Å². The lowest BCUT2D eigenvalue weighted by molar-refractivity contribution is -0.134. The predicted octanol–water partition coefficient (Wildman–Crippen LogP) is 1.59. The molecule has 1 N–H and O–H groups in total. The topological polar surface area (TPSA) is 86.8 Å². The third kappa shape index (κ3) is 5.29. The fraction of sp³-hybridized carbons (Fsp3) is 0.579. The highest BCUT2D eigenvalue weighted by molar-refractivity contribution is 7.89. The molecule has 150 valence electrons. The van der Waals surface area contributed by atoms with E-state index in [0.29, 0.717) is 32.7 Å². The lowest BCUT2D eigenvalue weighted by Crippen LogP contribution is -2.44. The number of benzene rings is 1. The zero-order chi connectivity index (χ0) is 20.0. The first kappa shape index (κ1) is 21.4. The highest BCUT2D eigenvalue weighted by atomic mass is 32.2. The Balaban J connectivity index is 1.95. The Bertz CT molecular complexity index is 758. The summed E-state index contributed by atoms with van der Waals surface area (Å²) in [5.41, 5.74) is 0.834. The Morgan fingerprint density at radius 2 is 1.81 bits per heavy atom. The molecule has 1 aromatic carbocycles. The molecule has 0 spiro atoms. The van der Waals surface area contributed by atoms with Crippen molar-refractivity contribution in [1.82, 2.24) is 14.5 Å². The van der Waals surface area contributed by atoms with Gasteiger partial charge in [0.1, 0.15) is 0 Å². The minimum Gasteiger partial charge on any atom is -0.352 e. The highest BCUT2D eigenvalue weighted by Gasteiger charge is 2.27. The van der Waals surface area contributed by atoms with E-state index >= 15 is 0 Å². The van der Waals surface area contributed by atoms with E-state index in [0.717, 1.165) is 18.4 Å². The van der Waals surface area contributed by atoms with Gasteiger partial charge in [0, 0.05) is 39.6 Å². The number of nitrogens with zero attached hydrogens (tertiary/aromatic N) is 2. The molecule has 0 aromatic heterocycles. The van der Waals surface area contributed by atoms with Crippen molar-refractivity contribution in [3.63, 3.8) is 0 Å². The van der Waals surface area contributed by atoms with Crippen LogP contribution in [0, 0.1) is 5.92 Å². The molecule has 8 heteroatoms. The average molecular weight is 396 g/mol. The van der Waals surface area contributed by atoms with E-state index in [-0.39, 0.29) is 22.6 Å². The molecular formula is C19H29N3O4S. The van der Waals surface area contributed by atoms with Crippen molar-refractivity contribution in [2.75, 3.05) is 26.2 Å². The summed E-state index contributed by atoms with van der Waals surface area (Å²) in [6, 6.07) is 6.60. The summed E-state index contributed by atoms with van der Waals surface area (Å²) in [6.45, 7) is 7.50. The van der Waals surface area contributed by atoms with Crippen molar-refractivity contribution >= 4 is 21.8 Å². The van der Waals surface area contributed by atoms with Crippen molar-refractivity contribution in [3.05, 3.63) is 29.8 Å². The normalized spacial score (nSPS) is 17.8. The van der Waals surface area contributed by atoms with E-state index in [1.165, 1.54) is 11.2 Å². The largest absolute Gasteiger partial charge is 0.352 e. The summed E-state index contributed by atoms with van der Waals surface area (Å²) in [7, 11) is -3.47. The van der Waals surface area contributed by atoms with E-state index in [9.17, 15) is 18.0 Å². The number of hydrogen-bond donors (Lipinski definition) is 1. The summed E-state index contributed by atoms with van der Waals surface area (Å²) >= 11 is 0. The first-order chi connectivity index (χ1) is 12.8. The lowest BCUT2D eigenvalue weighted by atomic mass is 9.97. The molecular weight excluding hydrogens is 366 g/mol. The Morgan fingerprint density at radius 1 is 1.19 bits per heavy atom. The molecule has 0 bridgehead atoms. The van der Waals surface area contributed by atoms with Crippen LogP contribution in [0.4, 0.5) is 0 Å². The van der Waals surface area contributed by atoms with Gasteiger partial charge in [-0.15, -0.1) is 0 Å². The van der Waals surface area contributed by atoms with E-state index in [1.54, 1.807) is 29.2 Å². The average Bonchev–Trinajstić information content (AvgIpc) is 2.67. The second kappa shape index (κ2) is 9.32. The van der Waals surface area contributed by atoms with Gasteiger partial charge in [-0.1, -0.05) is 26.0 Å². The van der Waals surface area contributed by atoms with E-state index in [4.69, 9.17) is 0 Å². The van der Waals surface area contributed by atoms with Crippen molar-refractivity contribution in [3.8, 4) is 0 Å². The van der Waals surface area contributed by atoms with Crippen LogP contribution >= 0.6 is 0 Å². The predicted molar refractivity (Wildman–Crippen MR) is 103 cm³/mol. The van der Waals surface area contributed by atoms with Gasteiger partial charge >= 0.3 is 0 Å². The zero-order valence-corrected chi connectivity index (χ0v) is 17.1. The summed E-state index contributed by atoms with van der Waals surface area (Å²) < 4.78 is 26.4. The van der Waals surface area contributed by atoms with E-state index in [2.05, 4.69) is 5.32 Å². The Kier molecular flexibility index (Phi) is 7.38. The number of carbonyl (C=O) groups excluding carboxylic acids is 2. The second-order valence-electron chi connectivity index (χ2n) is 6.76. The first-order valence-corrected chi connectivity index (χ1v) is 10.9. The van der Waals surface area contributed by atoms with Crippen molar-refractivity contribution in [1.29, 1.82) is 0 Å². The standard InChI is InChI=1S/C19H29N3O4S/c1-4-22(5-2)27(25,26)18-10-8-16(9-11-18)13-20-19(24)17-7-6-12-21(14-17)15(3)23/h8-11,17H,4-7,12-14H2,1-3H3,(H,20,24)/t17-/m1/s1. The van der Waals surface area contributed by atoms with Gasteiger partial charge in [-0.2, -0.15) is 4.31 Å². The van der Waals surface area contributed by atoms with Crippen LogP contribution in [0.15, 0.2) is 29.2 Å². The van der Waals surface area contributed by atoms with Crippen LogP contribution in [-0.2, 0) is 26.2 Å². The van der Waals surface area contributed by atoms with Gasteiger partial charge in [0.05, 0.1) is 10.8 Å². The van der Waals surface area contributed by atoms with Gasteiger partial charge in [0.2, 0.25) is 21.8 Å². The molecule has 1 heterocycles. The third-order valence-electron chi connectivity index (χ3n) is 4.97. The van der Waals surface area contributed by atoms with Gasteiger partial charge in [-0.05, 0) is 30.5 Å². The molecule has 2 rings (SSSR count). The number of rotatable bonds is 7. The third-order valence-corrected chi connectivity index (χ3v) is 7.03. The Morgan fingerprint density at radius 3 is 2.37 bits per heavy atom. The summed E-state index contributed by atoms with van der Waals surface area (Å²) in [5.74, 6) is -0.261. The van der Waals surface area contributed by atoms with Gasteiger partial charge in [-0.3, -0.25) is 9.59 Å². The van der Waals surface area contributed by atoms with Crippen molar-refractivity contribution in [2.24, 2.45) is 5.92 Å². The van der Waals surface area contributed by atoms with Crippen LogP contribution in [0.1, 0.15) is 39.2 Å². The fourth-order valence-electron chi connectivity index (χ4n) is 3.30. The van der Waals surface area contributed by atoms with Crippen molar-refractivity contribution in [2.45, 2.75) is 45.1 Å². The number of carbonyl (C=O) groups is 2. The van der Waals surface area contributed by atoms with Crippen LogP contribution in [0.25, 0.3) is 0 Å². The van der Waals surface area contributed by atoms with Gasteiger partial charge in [0.25, 0.3) is 0 Å². The van der Waals surface area contributed by atoms with Gasteiger partial charge < -0.3 is 10.2 Å².